The number of ether oxygens (including phenoxy) is 3. The SMILES string of the molecule is COc1ccc(OC)c2sc(N(CCCN3CCOCC3)C(=O)c3ccc(Br)s3)nc12. The maximum Gasteiger partial charge on any atom is 0.270 e. The number of benzene rings is 1. The quantitative estimate of drug-likeness (QED) is 0.431. The van der Waals surface area contributed by atoms with Crippen molar-refractivity contribution >= 4 is 59.9 Å². The number of aromatic nitrogens is 1. The number of halogens is 1. The van der Waals surface area contributed by atoms with Crippen molar-refractivity contribution in [1.82, 2.24) is 9.88 Å². The number of nitrogens with zero attached hydrogens (tertiary/aromatic N) is 3. The van der Waals surface area contributed by atoms with Crippen molar-refractivity contribution in [2.45, 2.75) is 6.42 Å². The highest BCUT2D eigenvalue weighted by molar-refractivity contribution is 9.11. The molecule has 166 valence electrons. The van der Waals surface area contributed by atoms with E-state index in [1.807, 2.05) is 24.3 Å². The van der Waals surface area contributed by atoms with Crippen molar-refractivity contribution in [3.8, 4) is 11.5 Å². The predicted molar refractivity (Wildman–Crippen MR) is 128 cm³/mol. The molecule has 1 saturated heterocycles. The van der Waals surface area contributed by atoms with E-state index in [0.717, 1.165) is 53.5 Å². The van der Waals surface area contributed by atoms with Crippen molar-refractivity contribution in [3.63, 3.8) is 0 Å². The number of carbonyl (C=O) groups is 1. The lowest BCUT2D eigenvalue weighted by atomic mass is 10.3. The zero-order chi connectivity index (χ0) is 21.8. The van der Waals surface area contributed by atoms with Crippen molar-refractivity contribution in [3.05, 3.63) is 32.9 Å². The Hall–Kier alpha value is -1.72. The molecule has 10 heteroatoms. The third-order valence-electron chi connectivity index (χ3n) is 5.12. The van der Waals surface area contributed by atoms with Crippen LogP contribution in [0, 0.1) is 0 Å². The molecule has 2 aromatic heterocycles. The minimum absolute atomic E-state index is 0.0466. The van der Waals surface area contributed by atoms with Crippen LogP contribution >= 0.6 is 38.6 Å². The summed E-state index contributed by atoms with van der Waals surface area (Å²) in [4.78, 5) is 23.0. The van der Waals surface area contributed by atoms with Crippen LogP contribution in [0.1, 0.15) is 16.1 Å². The first-order valence-electron chi connectivity index (χ1n) is 9.99. The fourth-order valence-corrected chi connectivity index (χ4v) is 5.95. The summed E-state index contributed by atoms with van der Waals surface area (Å²) in [5.41, 5.74) is 0.709. The Balaban J connectivity index is 1.63. The molecule has 4 rings (SSSR count). The van der Waals surface area contributed by atoms with E-state index in [0.29, 0.717) is 27.8 Å². The number of thiazole rings is 1. The number of anilines is 1. The van der Waals surface area contributed by atoms with Crippen molar-refractivity contribution in [1.29, 1.82) is 0 Å². The Labute approximate surface area is 197 Å². The van der Waals surface area contributed by atoms with E-state index in [1.54, 1.807) is 19.1 Å². The Morgan fingerprint density at radius 1 is 1.16 bits per heavy atom. The summed E-state index contributed by atoms with van der Waals surface area (Å²) in [7, 11) is 3.25. The van der Waals surface area contributed by atoms with Gasteiger partial charge in [-0.3, -0.25) is 14.6 Å². The largest absolute Gasteiger partial charge is 0.495 e. The molecule has 0 bridgehead atoms. The van der Waals surface area contributed by atoms with E-state index in [1.165, 1.54) is 22.7 Å². The molecule has 7 nitrogen and oxygen atoms in total. The lowest BCUT2D eigenvalue weighted by molar-refractivity contribution is 0.0376. The van der Waals surface area contributed by atoms with Gasteiger partial charge in [0, 0.05) is 26.2 Å². The molecule has 1 amide bonds. The molecular weight excluding hydrogens is 502 g/mol. The second kappa shape index (κ2) is 10.3. The van der Waals surface area contributed by atoms with E-state index in [4.69, 9.17) is 19.2 Å². The van der Waals surface area contributed by atoms with E-state index >= 15 is 0 Å². The molecule has 3 heterocycles. The van der Waals surface area contributed by atoms with E-state index in [9.17, 15) is 4.79 Å². The van der Waals surface area contributed by atoms with Gasteiger partial charge in [-0.1, -0.05) is 11.3 Å². The molecule has 0 aliphatic carbocycles. The topological polar surface area (TPSA) is 64.1 Å². The molecule has 0 N–H and O–H groups in total. The number of carbonyl (C=O) groups excluding carboxylic acids is 1. The van der Waals surface area contributed by atoms with Crippen LogP contribution in [0.5, 0.6) is 11.5 Å². The van der Waals surface area contributed by atoms with Crippen LogP contribution < -0.4 is 14.4 Å². The summed E-state index contributed by atoms with van der Waals surface area (Å²) in [6.07, 6.45) is 0.850. The van der Waals surface area contributed by atoms with Crippen LogP contribution in [-0.4, -0.2) is 69.4 Å². The Morgan fingerprint density at radius 3 is 2.58 bits per heavy atom. The molecule has 0 radical (unpaired) electrons. The average Bonchev–Trinajstić information content (AvgIpc) is 3.43. The first-order valence-corrected chi connectivity index (χ1v) is 12.4. The molecule has 0 atom stereocenters. The lowest BCUT2D eigenvalue weighted by Gasteiger charge is -2.27. The molecule has 1 fully saturated rings. The maximum absolute atomic E-state index is 13.4. The van der Waals surface area contributed by atoms with Gasteiger partial charge in [0.2, 0.25) is 0 Å². The van der Waals surface area contributed by atoms with Crippen LogP contribution in [0.15, 0.2) is 28.1 Å². The molecule has 1 aliphatic heterocycles. The fourth-order valence-electron chi connectivity index (χ4n) is 3.51. The van der Waals surface area contributed by atoms with Gasteiger partial charge in [0.1, 0.15) is 21.7 Å². The number of amides is 1. The minimum atomic E-state index is -0.0466. The smallest absolute Gasteiger partial charge is 0.270 e. The Morgan fingerprint density at radius 2 is 1.90 bits per heavy atom. The number of morpholine rings is 1. The van der Waals surface area contributed by atoms with E-state index in [-0.39, 0.29) is 5.91 Å². The first-order chi connectivity index (χ1) is 15.1. The zero-order valence-electron chi connectivity index (χ0n) is 17.4. The highest BCUT2D eigenvalue weighted by Gasteiger charge is 2.25. The second-order valence-electron chi connectivity index (χ2n) is 7.01. The van der Waals surface area contributed by atoms with Crippen LogP contribution in [0.3, 0.4) is 0 Å². The van der Waals surface area contributed by atoms with Crippen LogP contribution in [0.25, 0.3) is 10.2 Å². The van der Waals surface area contributed by atoms with Crippen molar-refractivity contribution < 1.29 is 19.0 Å². The van der Waals surface area contributed by atoms with Gasteiger partial charge in [-0.25, -0.2) is 4.98 Å². The van der Waals surface area contributed by atoms with Gasteiger partial charge in [-0.05, 0) is 46.6 Å². The number of thiophene rings is 1. The van der Waals surface area contributed by atoms with Crippen molar-refractivity contribution in [2.75, 3.05) is 58.5 Å². The molecule has 0 saturated carbocycles. The molecule has 1 aromatic carbocycles. The summed E-state index contributed by atoms with van der Waals surface area (Å²) in [6.45, 7) is 4.89. The van der Waals surface area contributed by atoms with Crippen LogP contribution in [-0.2, 0) is 4.74 Å². The standard InChI is InChI=1S/C21H24BrN3O4S2/c1-27-14-4-5-15(28-2)19-18(14)23-21(31-19)25(20(26)16-6-7-17(22)30-16)9-3-8-24-10-12-29-13-11-24/h4-7H,3,8-13H2,1-2H3. The summed E-state index contributed by atoms with van der Waals surface area (Å²) in [5.74, 6) is 1.34. The summed E-state index contributed by atoms with van der Waals surface area (Å²) in [6, 6.07) is 7.45. The molecule has 0 unspecified atom stereocenters. The molecule has 3 aromatic rings. The van der Waals surface area contributed by atoms with Crippen LogP contribution in [0.2, 0.25) is 0 Å². The summed E-state index contributed by atoms with van der Waals surface area (Å²) < 4.78 is 18.2. The fraction of sp³-hybridized carbons (Fsp3) is 0.429. The molecule has 0 spiro atoms. The van der Waals surface area contributed by atoms with Gasteiger partial charge in [-0.2, -0.15) is 0 Å². The second-order valence-corrected chi connectivity index (χ2v) is 10.5. The number of hydrogen-bond donors (Lipinski definition) is 0. The third kappa shape index (κ3) is 5.04. The first kappa shape index (κ1) is 22.5. The summed E-state index contributed by atoms with van der Waals surface area (Å²) in [5, 5.41) is 0.647. The zero-order valence-corrected chi connectivity index (χ0v) is 20.6. The number of hydrogen-bond acceptors (Lipinski definition) is 8. The highest BCUT2D eigenvalue weighted by Crippen LogP contribution is 2.40. The van der Waals surface area contributed by atoms with Gasteiger partial charge >= 0.3 is 0 Å². The Bertz CT molecular complexity index is 1010. The monoisotopic (exact) mass is 525 g/mol. The van der Waals surface area contributed by atoms with E-state index < -0.39 is 0 Å². The van der Waals surface area contributed by atoms with E-state index in [2.05, 4.69) is 20.8 Å². The van der Waals surface area contributed by atoms with Gasteiger partial charge < -0.3 is 14.2 Å². The van der Waals surface area contributed by atoms with Crippen molar-refractivity contribution in [2.24, 2.45) is 0 Å². The third-order valence-corrected chi connectivity index (χ3v) is 7.82. The maximum atomic E-state index is 13.4. The van der Waals surface area contributed by atoms with Gasteiger partial charge in [-0.15, -0.1) is 11.3 Å². The molecule has 1 aliphatic rings. The molecule has 31 heavy (non-hydrogen) atoms. The Kier molecular flexibility index (Phi) is 7.44. The van der Waals surface area contributed by atoms with Gasteiger partial charge in [0.25, 0.3) is 5.91 Å². The summed E-state index contributed by atoms with van der Waals surface area (Å²) >= 11 is 6.34. The highest BCUT2D eigenvalue weighted by atomic mass is 79.9. The predicted octanol–water partition coefficient (Wildman–Crippen LogP) is 4.51. The van der Waals surface area contributed by atoms with Gasteiger partial charge in [0.05, 0.1) is 36.1 Å². The average molecular weight is 526 g/mol. The van der Waals surface area contributed by atoms with Gasteiger partial charge in [0.15, 0.2) is 5.13 Å². The number of rotatable bonds is 8. The lowest BCUT2D eigenvalue weighted by Crippen LogP contribution is -2.39. The van der Waals surface area contributed by atoms with Crippen LogP contribution in [0.4, 0.5) is 5.13 Å². The number of methoxy groups -OCH3 is 2. The number of fused-ring (bicyclic) bond motifs is 1. The minimum Gasteiger partial charge on any atom is -0.495 e. The normalized spacial score (nSPS) is 14.7. The molecular formula is C21H24BrN3O4S2.